The summed E-state index contributed by atoms with van der Waals surface area (Å²) in [4.78, 5) is 9.12. The average Bonchev–Trinajstić information content (AvgIpc) is 3.44. The van der Waals surface area contributed by atoms with Crippen LogP contribution < -0.4 is 4.40 Å². The van der Waals surface area contributed by atoms with E-state index in [9.17, 15) is 0 Å². The smallest absolute Gasteiger partial charge is 0 e. The number of rotatable bonds is 5. The van der Waals surface area contributed by atoms with Crippen LogP contribution in [-0.2, 0) is 20.1 Å². The number of nitrogens with zero attached hydrogens (tertiary/aromatic N) is 2. The Kier molecular flexibility index (Phi) is 10.5. The number of hydrogen-bond acceptors (Lipinski definition) is 3. The summed E-state index contributed by atoms with van der Waals surface area (Å²) < 4.78 is 3.93. The standard InChI is InChI=1S/C26H20NS.C14H16GeN.Ir/c1-17(2)19-13-14-27-23(15-19)20-11-12-22-25(16-20)28-24-10-6-9-21(26(22)24)18-7-4-3-5-8-18;1-15(2,3)13-9-10-14(16-11-13)12-7-5-4-6-8-12;/h3-15,17H,1-2H3;4-7,9-11H,1-3H3;/q2*-1;. The Hall–Kier alpha value is -3.41. The Labute approximate surface area is 287 Å². The molecule has 7 aromatic rings. The van der Waals surface area contributed by atoms with E-state index in [1.54, 1.807) is 11.3 Å². The summed E-state index contributed by atoms with van der Waals surface area (Å²) in [5.41, 5.74) is 7.97. The molecule has 1 radical (unpaired) electrons. The first-order chi connectivity index (χ1) is 21.3. The van der Waals surface area contributed by atoms with Gasteiger partial charge in [0.15, 0.2) is 0 Å². The molecule has 3 heterocycles. The van der Waals surface area contributed by atoms with Gasteiger partial charge in [-0.15, -0.1) is 23.8 Å². The molecule has 0 aliphatic heterocycles. The SMILES string of the molecule is CC(C)c1ccnc(-c2[c-]c3sc4cccc(-c5ccccc5)c4c3cc2)c1.[CH3][Ge]([CH3])([CH3])[c]1ccc(-c2[c-]cccc2)nc1.[Ir]. The van der Waals surface area contributed by atoms with Crippen molar-refractivity contribution in [2.45, 2.75) is 37.0 Å². The third kappa shape index (κ3) is 7.53. The first-order valence-corrected chi connectivity index (χ1v) is 23.3. The molecular weight excluding hydrogens is 805 g/mol. The predicted octanol–water partition coefficient (Wildman–Crippen LogP) is 10.8. The molecule has 2 nitrogen and oxygen atoms in total. The molecule has 0 N–H and O–H groups in total. The minimum Gasteiger partial charge on any atom is 0 e. The Balaban J connectivity index is 0.000000202. The molecule has 4 aromatic carbocycles. The van der Waals surface area contributed by atoms with E-state index in [2.05, 4.69) is 138 Å². The normalized spacial score (nSPS) is 11.2. The summed E-state index contributed by atoms with van der Waals surface area (Å²) in [6.07, 6.45) is 3.94. The van der Waals surface area contributed by atoms with Gasteiger partial charge in [0.25, 0.3) is 0 Å². The van der Waals surface area contributed by atoms with E-state index in [1.165, 1.54) is 41.3 Å². The molecule has 0 saturated heterocycles. The zero-order valence-corrected chi connectivity index (χ0v) is 31.6. The van der Waals surface area contributed by atoms with Crippen LogP contribution in [0.5, 0.6) is 0 Å². The molecule has 7 rings (SSSR count). The molecular formula is C40H36GeIrN2S-2. The van der Waals surface area contributed by atoms with E-state index in [-0.39, 0.29) is 20.1 Å². The van der Waals surface area contributed by atoms with Crippen molar-refractivity contribution in [3.05, 3.63) is 139 Å². The third-order valence-corrected chi connectivity index (χ3v) is 13.2. The monoisotopic (exact) mass is 843 g/mol. The maximum atomic E-state index is 4.59. The number of thiophene rings is 1. The number of aromatic nitrogens is 2. The van der Waals surface area contributed by atoms with Crippen LogP contribution in [0.15, 0.2) is 122 Å². The van der Waals surface area contributed by atoms with Crippen molar-refractivity contribution < 1.29 is 20.1 Å². The van der Waals surface area contributed by atoms with Crippen molar-refractivity contribution in [3.8, 4) is 33.6 Å². The maximum Gasteiger partial charge on any atom is 0 e. The maximum absolute atomic E-state index is 4.59. The molecule has 5 heteroatoms. The van der Waals surface area contributed by atoms with Gasteiger partial charge in [0.2, 0.25) is 0 Å². The number of hydrogen-bond donors (Lipinski definition) is 0. The van der Waals surface area contributed by atoms with Crippen LogP contribution in [0.25, 0.3) is 53.8 Å². The second-order valence-electron chi connectivity index (χ2n) is 12.3. The van der Waals surface area contributed by atoms with E-state index >= 15 is 0 Å². The van der Waals surface area contributed by atoms with Crippen LogP contribution in [0.3, 0.4) is 0 Å². The fourth-order valence-corrected chi connectivity index (χ4v) is 8.57. The van der Waals surface area contributed by atoms with Gasteiger partial charge < -0.3 is 4.98 Å². The zero-order valence-electron chi connectivity index (χ0n) is 26.3. The molecule has 0 aliphatic rings. The van der Waals surface area contributed by atoms with Crippen LogP contribution in [-0.4, -0.2) is 23.2 Å². The van der Waals surface area contributed by atoms with E-state index in [0.29, 0.717) is 5.92 Å². The topological polar surface area (TPSA) is 25.8 Å². The average molecular weight is 842 g/mol. The van der Waals surface area contributed by atoms with Gasteiger partial charge in [0.1, 0.15) is 0 Å². The number of benzene rings is 4. The van der Waals surface area contributed by atoms with E-state index in [1.807, 2.05) is 36.7 Å². The molecule has 45 heavy (non-hydrogen) atoms. The summed E-state index contributed by atoms with van der Waals surface area (Å²) in [5.74, 6) is 7.63. The Morgan fingerprint density at radius 1 is 0.733 bits per heavy atom. The zero-order chi connectivity index (χ0) is 30.7. The van der Waals surface area contributed by atoms with Crippen molar-refractivity contribution in [1.29, 1.82) is 0 Å². The quantitative estimate of drug-likeness (QED) is 0.127. The van der Waals surface area contributed by atoms with Crippen LogP contribution >= 0.6 is 11.3 Å². The Morgan fingerprint density at radius 2 is 1.53 bits per heavy atom. The van der Waals surface area contributed by atoms with Gasteiger partial charge in [-0.3, -0.25) is 0 Å². The molecule has 0 aliphatic carbocycles. The Bertz CT molecular complexity index is 2010. The summed E-state index contributed by atoms with van der Waals surface area (Å²) in [5, 5.41) is 2.59. The minimum atomic E-state index is -1.72. The van der Waals surface area contributed by atoms with Gasteiger partial charge in [-0.2, -0.15) is 11.3 Å². The second-order valence-corrected chi connectivity index (χ2v) is 24.1. The fourth-order valence-electron chi connectivity index (χ4n) is 5.27. The number of pyridine rings is 2. The molecule has 0 fully saturated rings. The molecule has 3 aromatic heterocycles. The van der Waals surface area contributed by atoms with Crippen LogP contribution in [0.2, 0.25) is 17.3 Å². The Morgan fingerprint density at radius 3 is 2.22 bits per heavy atom. The third-order valence-electron chi connectivity index (χ3n) is 7.84. The van der Waals surface area contributed by atoms with Gasteiger partial charge >= 0.3 is 99.8 Å². The van der Waals surface area contributed by atoms with Gasteiger partial charge in [-0.05, 0) is 45.0 Å². The van der Waals surface area contributed by atoms with Crippen molar-refractivity contribution in [3.63, 3.8) is 0 Å². The second kappa shape index (κ2) is 14.3. The largest absolute Gasteiger partial charge is 0 e. The van der Waals surface area contributed by atoms with Gasteiger partial charge in [-0.1, -0.05) is 73.3 Å². The predicted molar refractivity (Wildman–Crippen MR) is 192 cm³/mol. The van der Waals surface area contributed by atoms with Crippen LogP contribution in [0.1, 0.15) is 25.3 Å². The van der Waals surface area contributed by atoms with Crippen LogP contribution in [0, 0.1) is 12.1 Å². The van der Waals surface area contributed by atoms with E-state index in [0.717, 1.165) is 22.5 Å². The minimum absolute atomic E-state index is 0. The molecule has 0 unspecified atom stereocenters. The van der Waals surface area contributed by atoms with Gasteiger partial charge in [0.05, 0.1) is 0 Å². The summed E-state index contributed by atoms with van der Waals surface area (Å²) in [6, 6.07) is 45.0. The summed E-state index contributed by atoms with van der Waals surface area (Å²) in [6.45, 7) is 4.42. The van der Waals surface area contributed by atoms with E-state index < -0.39 is 13.3 Å². The van der Waals surface area contributed by atoms with E-state index in [4.69, 9.17) is 0 Å². The molecule has 0 bridgehead atoms. The van der Waals surface area contributed by atoms with Crippen molar-refractivity contribution in [2.24, 2.45) is 0 Å². The molecule has 0 amide bonds. The van der Waals surface area contributed by atoms with Crippen molar-refractivity contribution in [1.82, 2.24) is 9.97 Å². The van der Waals surface area contributed by atoms with Gasteiger partial charge in [0, 0.05) is 31.0 Å². The molecule has 0 saturated carbocycles. The first kappa shape index (κ1) is 33.0. The van der Waals surface area contributed by atoms with Gasteiger partial charge in [-0.25, -0.2) is 0 Å². The van der Waals surface area contributed by atoms with Crippen LogP contribution in [0.4, 0.5) is 0 Å². The first-order valence-electron chi connectivity index (χ1n) is 15.1. The summed E-state index contributed by atoms with van der Waals surface area (Å²) >= 11 is 0.0906. The fraction of sp³-hybridized carbons (Fsp3) is 0.150. The van der Waals surface area contributed by atoms with Crippen molar-refractivity contribution >= 4 is 49.2 Å². The molecule has 0 atom stereocenters. The molecule has 0 spiro atoms. The summed E-state index contributed by atoms with van der Waals surface area (Å²) in [7, 11) is 0. The van der Waals surface area contributed by atoms with Crippen molar-refractivity contribution in [2.75, 3.05) is 0 Å². The number of fused-ring (bicyclic) bond motifs is 3. The molecule has 227 valence electrons.